The SMILES string of the molecule is COc1cccc(C(=O)NCCNc2cccc(NSc3cc(-c4ncccc4F)ccc3OC)c2)c1. The van der Waals surface area contributed by atoms with E-state index in [1.807, 2.05) is 30.3 Å². The molecular formula is C28H27FN4O3S. The van der Waals surface area contributed by atoms with Crippen LogP contribution in [0.2, 0.25) is 0 Å². The number of halogens is 1. The van der Waals surface area contributed by atoms with Crippen LogP contribution < -0.4 is 24.8 Å². The second kappa shape index (κ2) is 12.6. The van der Waals surface area contributed by atoms with E-state index >= 15 is 0 Å². The molecule has 0 aliphatic carbocycles. The molecule has 0 bridgehead atoms. The molecule has 190 valence electrons. The number of carbonyl (C=O) groups excluding carboxylic acids is 1. The number of methoxy groups -OCH3 is 2. The van der Waals surface area contributed by atoms with Gasteiger partial charge in [0.1, 0.15) is 23.0 Å². The highest BCUT2D eigenvalue weighted by molar-refractivity contribution is 8.00. The molecule has 1 aromatic heterocycles. The maximum absolute atomic E-state index is 14.2. The Kier molecular flexibility index (Phi) is 8.83. The van der Waals surface area contributed by atoms with Crippen LogP contribution in [0.4, 0.5) is 15.8 Å². The number of aromatic nitrogens is 1. The first-order valence-corrected chi connectivity index (χ1v) is 12.4. The van der Waals surface area contributed by atoms with Gasteiger partial charge in [-0.25, -0.2) is 4.39 Å². The van der Waals surface area contributed by atoms with E-state index in [9.17, 15) is 9.18 Å². The van der Waals surface area contributed by atoms with Crippen LogP contribution in [0, 0.1) is 5.82 Å². The van der Waals surface area contributed by atoms with E-state index in [4.69, 9.17) is 9.47 Å². The Morgan fingerprint density at radius 2 is 1.76 bits per heavy atom. The Morgan fingerprint density at radius 1 is 0.919 bits per heavy atom. The highest BCUT2D eigenvalue weighted by Gasteiger charge is 2.11. The van der Waals surface area contributed by atoms with Crippen LogP contribution in [0.1, 0.15) is 10.4 Å². The summed E-state index contributed by atoms with van der Waals surface area (Å²) in [6, 6.07) is 23.2. The molecule has 0 saturated heterocycles. The van der Waals surface area contributed by atoms with E-state index in [0.717, 1.165) is 16.3 Å². The zero-order valence-corrected chi connectivity index (χ0v) is 21.3. The molecule has 3 N–H and O–H groups in total. The van der Waals surface area contributed by atoms with Crippen molar-refractivity contribution >= 4 is 29.2 Å². The molecule has 1 amide bonds. The predicted molar refractivity (Wildman–Crippen MR) is 146 cm³/mol. The minimum Gasteiger partial charge on any atom is -0.497 e. The molecule has 0 spiro atoms. The van der Waals surface area contributed by atoms with Crippen molar-refractivity contribution < 1.29 is 18.7 Å². The fraction of sp³-hybridized carbons (Fsp3) is 0.143. The summed E-state index contributed by atoms with van der Waals surface area (Å²) >= 11 is 1.36. The summed E-state index contributed by atoms with van der Waals surface area (Å²) in [6.45, 7) is 1.01. The summed E-state index contributed by atoms with van der Waals surface area (Å²) < 4.78 is 28.2. The van der Waals surface area contributed by atoms with Gasteiger partial charge in [0.05, 0.1) is 19.1 Å². The first-order chi connectivity index (χ1) is 18.1. The van der Waals surface area contributed by atoms with Gasteiger partial charge >= 0.3 is 0 Å². The Balaban J connectivity index is 1.33. The minimum absolute atomic E-state index is 0.158. The largest absolute Gasteiger partial charge is 0.497 e. The predicted octanol–water partition coefficient (Wildman–Crippen LogP) is 5.87. The van der Waals surface area contributed by atoms with Crippen LogP contribution in [0.5, 0.6) is 11.5 Å². The molecule has 1 heterocycles. The van der Waals surface area contributed by atoms with Gasteiger partial charge in [0.2, 0.25) is 0 Å². The number of benzene rings is 3. The van der Waals surface area contributed by atoms with Gasteiger partial charge in [-0.2, -0.15) is 0 Å². The molecule has 0 unspecified atom stereocenters. The topological polar surface area (TPSA) is 84.5 Å². The standard InChI is InChI=1S/C28H27FN4O3S/c1-35-23-9-3-6-20(16-23)28(34)32-15-14-30-21-7-4-8-22(18-21)33-37-26-17-19(11-12-25(26)36-2)27-24(29)10-5-13-31-27/h3-13,16-18,30,33H,14-15H2,1-2H3,(H,32,34). The summed E-state index contributed by atoms with van der Waals surface area (Å²) in [5.74, 6) is 0.768. The fourth-order valence-electron chi connectivity index (χ4n) is 3.56. The molecule has 4 rings (SSSR count). The van der Waals surface area contributed by atoms with Crippen molar-refractivity contribution in [2.45, 2.75) is 4.90 Å². The molecule has 0 fully saturated rings. The van der Waals surface area contributed by atoms with Crippen LogP contribution in [-0.2, 0) is 0 Å². The maximum atomic E-state index is 14.2. The smallest absolute Gasteiger partial charge is 0.251 e. The van der Waals surface area contributed by atoms with Gasteiger partial charge in [-0.3, -0.25) is 9.78 Å². The first-order valence-electron chi connectivity index (χ1n) is 11.6. The van der Waals surface area contributed by atoms with Gasteiger partial charge in [0, 0.05) is 41.8 Å². The summed E-state index contributed by atoms with van der Waals surface area (Å²) in [5, 5.41) is 6.20. The van der Waals surface area contributed by atoms with Crippen molar-refractivity contribution in [2.24, 2.45) is 0 Å². The second-order valence-corrected chi connectivity index (χ2v) is 8.75. The van der Waals surface area contributed by atoms with Gasteiger partial charge in [0.25, 0.3) is 5.91 Å². The highest BCUT2D eigenvalue weighted by Crippen LogP contribution is 2.34. The third-order valence-corrected chi connectivity index (χ3v) is 6.29. The Bertz CT molecular complexity index is 1370. The van der Waals surface area contributed by atoms with E-state index in [1.165, 1.54) is 18.0 Å². The van der Waals surface area contributed by atoms with Gasteiger partial charge in [-0.05, 0) is 78.7 Å². The van der Waals surface area contributed by atoms with Crippen molar-refractivity contribution in [3.8, 4) is 22.8 Å². The Morgan fingerprint density at radius 3 is 2.57 bits per heavy atom. The van der Waals surface area contributed by atoms with Crippen molar-refractivity contribution in [2.75, 3.05) is 37.3 Å². The number of ether oxygens (including phenoxy) is 2. The Labute approximate surface area is 219 Å². The van der Waals surface area contributed by atoms with Crippen molar-refractivity contribution in [1.82, 2.24) is 10.3 Å². The molecule has 0 atom stereocenters. The average molecular weight is 519 g/mol. The normalized spacial score (nSPS) is 10.5. The summed E-state index contributed by atoms with van der Waals surface area (Å²) in [5.41, 5.74) is 3.27. The second-order valence-electron chi connectivity index (χ2n) is 7.90. The number of hydrogen-bond donors (Lipinski definition) is 3. The molecule has 37 heavy (non-hydrogen) atoms. The van der Waals surface area contributed by atoms with Crippen molar-refractivity contribution in [3.63, 3.8) is 0 Å². The van der Waals surface area contributed by atoms with Gasteiger partial charge in [-0.15, -0.1) is 0 Å². The van der Waals surface area contributed by atoms with E-state index < -0.39 is 0 Å². The summed E-state index contributed by atoms with van der Waals surface area (Å²) in [7, 11) is 3.16. The third kappa shape index (κ3) is 6.92. The van der Waals surface area contributed by atoms with Gasteiger partial charge in [0.15, 0.2) is 0 Å². The lowest BCUT2D eigenvalue weighted by Crippen LogP contribution is -2.28. The van der Waals surface area contributed by atoms with E-state index in [1.54, 1.807) is 62.9 Å². The molecule has 3 aromatic carbocycles. The van der Waals surface area contributed by atoms with Crippen LogP contribution >= 0.6 is 11.9 Å². The highest BCUT2D eigenvalue weighted by atomic mass is 32.2. The minimum atomic E-state index is -0.380. The first kappa shape index (κ1) is 25.8. The number of anilines is 2. The Hall–Kier alpha value is -4.24. The maximum Gasteiger partial charge on any atom is 0.251 e. The van der Waals surface area contributed by atoms with Gasteiger partial charge < -0.3 is 24.8 Å². The average Bonchev–Trinajstić information content (AvgIpc) is 2.94. The van der Waals surface area contributed by atoms with Crippen molar-refractivity contribution in [3.05, 3.63) is 96.4 Å². The van der Waals surface area contributed by atoms with Crippen LogP contribution in [0.15, 0.2) is 90.0 Å². The number of carbonyl (C=O) groups is 1. The molecular weight excluding hydrogens is 491 g/mol. The number of hydrogen-bond acceptors (Lipinski definition) is 7. The molecule has 7 nitrogen and oxygen atoms in total. The van der Waals surface area contributed by atoms with Crippen LogP contribution in [0.3, 0.4) is 0 Å². The lowest BCUT2D eigenvalue weighted by atomic mass is 10.1. The number of rotatable bonds is 11. The van der Waals surface area contributed by atoms with Crippen molar-refractivity contribution in [1.29, 1.82) is 0 Å². The number of nitrogens with one attached hydrogen (secondary N) is 3. The zero-order valence-electron chi connectivity index (χ0n) is 20.5. The number of nitrogens with zero attached hydrogens (tertiary/aromatic N) is 1. The number of amides is 1. The molecule has 0 radical (unpaired) electrons. The number of pyridine rings is 1. The summed E-state index contributed by atoms with van der Waals surface area (Å²) in [4.78, 5) is 17.3. The quantitative estimate of drug-likeness (QED) is 0.169. The van der Waals surface area contributed by atoms with Crippen LogP contribution in [-0.4, -0.2) is 38.2 Å². The lowest BCUT2D eigenvalue weighted by molar-refractivity contribution is 0.0955. The van der Waals surface area contributed by atoms with E-state index in [-0.39, 0.29) is 17.4 Å². The molecule has 4 aromatic rings. The van der Waals surface area contributed by atoms with E-state index in [2.05, 4.69) is 20.3 Å². The lowest BCUT2D eigenvalue weighted by Gasteiger charge is -2.13. The fourth-order valence-corrected chi connectivity index (χ4v) is 4.35. The zero-order chi connectivity index (χ0) is 26.0. The van der Waals surface area contributed by atoms with Gasteiger partial charge in [-0.1, -0.05) is 12.1 Å². The molecule has 9 heteroatoms. The van der Waals surface area contributed by atoms with E-state index in [0.29, 0.717) is 35.7 Å². The molecule has 0 saturated carbocycles. The van der Waals surface area contributed by atoms with Crippen LogP contribution in [0.25, 0.3) is 11.3 Å². The molecule has 0 aliphatic heterocycles. The molecule has 0 aliphatic rings. The summed E-state index contributed by atoms with van der Waals surface area (Å²) in [6.07, 6.45) is 1.57. The monoisotopic (exact) mass is 518 g/mol. The third-order valence-electron chi connectivity index (χ3n) is 5.41.